The lowest BCUT2D eigenvalue weighted by atomic mass is 10.1. The molecule has 5 nitrogen and oxygen atoms in total. The average molecular weight is 413 g/mol. The molecule has 3 rings (SSSR count). The predicted molar refractivity (Wildman–Crippen MR) is 107 cm³/mol. The molecule has 0 spiro atoms. The lowest BCUT2D eigenvalue weighted by Crippen LogP contribution is -2.30. The molecule has 0 bridgehead atoms. The van der Waals surface area contributed by atoms with Crippen LogP contribution in [0.4, 0.5) is 13.2 Å². The van der Waals surface area contributed by atoms with Gasteiger partial charge in [0.2, 0.25) is 0 Å². The first-order chi connectivity index (χ1) is 14.2. The number of benzene rings is 2. The number of aryl methyl sites for hydroxylation is 1. The maximum Gasteiger partial charge on any atom is 0.416 e. The highest BCUT2D eigenvalue weighted by molar-refractivity contribution is 5.94. The summed E-state index contributed by atoms with van der Waals surface area (Å²) in [6.07, 6.45) is -1.81. The van der Waals surface area contributed by atoms with Gasteiger partial charge >= 0.3 is 6.18 Å². The van der Waals surface area contributed by atoms with Crippen molar-refractivity contribution in [2.45, 2.75) is 19.6 Å². The highest BCUT2D eigenvalue weighted by Gasteiger charge is 2.30. The number of rotatable bonds is 5. The van der Waals surface area contributed by atoms with Crippen LogP contribution in [0.15, 0.2) is 76.8 Å². The van der Waals surface area contributed by atoms with E-state index in [9.17, 15) is 22.8 Å². The van der Waals surface area contributed by atoms with Gasteiger partial charge in [-0.3, -0.25) is 9.59 Å². The molecule has 0 saturated heterocycles. The molecule has 0 atom stereocenters. The van der Waals surface area contributed by atoms with E-state index in [1.54, 1.807) is 12.3 Å². The molecule has 2 aromatic carbocycles. The van der Waals surface area contributed by atoms with E-state index in [1.807, 2.05) is 31.2 Å². The van der Waals surface area contributed by atoms with Crippen LogP contribution in [0.25, 0.3) is 0 Å². The van der Waals surface area contributed by atoms with Crippen LogP contribution < -0.4 is 11.0 Å². The normalized spacial score (nSPS) is 11.6. The zero-order valence-corrected chi connectivity index (χ0v) is 16.0. The van der Waals surface area contributed by atoms with E-state index in [0.717, 1.165) is 29.5 Å². The third-order valence-electron chi connectivity index (χ3n) is 4.33. The van der Waals surface area contributed by atoms with Gasteiger partial charge in [-0.2, -0.15) is 18.3 Å². The number of alkyl halides is 3. The largest absolute Gasteiger partial charge is 0.416 e. The zero-order chi connectivity index (χ0) is 21.7. The van der Waals surface area contributed by atoms with Crippen molar-refractivity contribution in [2.75, 3.05) is 0 Å². The minimum atomic E-state index is -4.47. The van der Waals surface area contributed by atoms with Gasteiger partial charge in [0, 0.05) is 6.20 Å². The minimum absolute atomic E-state index is 0.120. The van der Waals surface area contributed by atoms with Crippen LogP contribution in [-0.2, 0) is 12.7 Å². The summed E-state index contributed by atoms with van der Waals surface area (Å²) in [6.45, 7) is 2.26. The first kappa shape index (κ1) is 21.0. The monoisotopic (exact) mass is 413 g/mol. The number of carbonyl (C=O) groups excluding carboxylic acids is 1. The molecule has 1 aromatic heterocycles. The second-order valence-corrected chi connectivity index (χ2v) is 6.66. The Balaban J connectivity index is 1.72. The fourth-order valence-corrected chi connectivity index (χ4v) is 2.75. The highest BCUT2D eigenvalue weighted by atomic mass is 19.4. The van der Waals surface area contributed by atoms with Crippen molar-refractivity contribution in [1.29, 1.82) is 0 Å². The Labute approximate surface area is 170 Å². The first-order valence-corrected chi connectivity index (χ1v) is 9.00. The van der Waals surface area contributed by atoms with Gasteiger partial charge < -0.3 is 4.57 Å². The van der Waals surface area contributed by atoms with Gasteiger partial charge in [0.1, 0.15) is 5.56 Å². The molecule has 30 heavy (non-hydrogen) atoms. The van der Waals surface area contributed by atoms with Gasteiger partial charge in [-0.1, -0.05) is 42.0 Å². The molecule has 0 aliphatic carbocycles. The van der Waals surface area contributed by atoms with Gasteiger partial charge in [0.15, 0.2) is 0 Å². The summed E-state index contributed by atoms with van der Waals surface area (Å²) in [6, 6.07) is 15.1. The van der Waals surface area contributed by atoms with Crippen molar-refractivity contribution < 1.29 is 18.0 Å². The van der Waals surface area contributed by atoms with E-state index in [1.165, 1.54) is 22.8 Å². The molecule has 0 fully saturated rings. The Hall–Kier alpha value is -3.68. The number of pyridine rings is 1. The maximum atomic E-state index is 12.7. The number of hydrazone groups is 1. The van der Waals surface area contributed by atoms with Crippen LogP contribution in [0.1, 0.15) is 32.6 Å². The number of nitrogens with one attached hydrogen (secondary N) is 1. The lowest BCUT2D eigenvalue weighted by Gasteiger charge is -2.08. The lowest BCUT2D eigenvalue weighted by molar-refractivity contribution is -0.137. The summed E-state index contributed by atoms with van der Waals surface area (Å²) < 4.78 is 39.6. The summed E-state index contributed by atoms with van der Waals surface area (Å²) in [5.41, 5.74) is 2.91. The molecule has 1 amide bonds. The molecule has 1 heterocycles. The van der Waals surface area contributed by atoms with Crippen LogP contribution in [0.5, 0.6) is 0 Å². The van der Waals surface area contributed by atoms with Gasteiger partial charge in [0.25, 0.3) is 11.5 Å². The summed E-state index contributed by atoms with van der Waals surface area (Å²) in [5.74, 6) is -0.749. The highest BCUT2D eigenvalue weighted by Crippen LogP contribution is 2.29. The van der Waals surface area contributed by atoms with Crippen molar-refractivity contribution in [3.8, 4) is 0 Å². The second kappa shape index (κ2) is 8.77. The van der Waals surface area contributed by atoms with Crippen LogP contribution in [0.2, 0.25) is 0 Å². The SMILES string of the molecule is Cc1ccc(Cn2cccc(C(=O)N/N=C\c3cccc(C(F)(F)F)c3)c2=O)cc1. The topological polar surface area (TPSA) is 63.5 Å². The van der Waals surface area contributed by atoms with Crippen molar-refractivity contribution in [3.63, 3.8) is 0 Å². The Morgan fingerprint density at radius 2 is 1.83 bits per heavy atom. The Bertz CT molecular complexity index is 1130. The molecule has 1 N–H and O–H groups in total. The number of hydrogen-bond acceptors (Lipinski definition) is 3. The van der Waals surface area contributed by atoms with E-state index in [-0.39, 0.29) is 11.1 Å². The number of hydrogen-bond donors (Lipinski definition) is 1. The van der Waals surface area contributed by atoms with E-state index in [2.05, 4.69) is 10.5 Å². The van der Waals surface area contributed by atoms with Crippen LogP contribution >= 0.6 is 0 Å². The number of amides is 1. The number of aromatic nitrogens is 1. The van der Waals surface area contributed by atoms with Crippen LogP contribution in [0.3, 0.4) is 0 Å². The first-order valence-electron chi connectivity index (χ1n) is 9.00. The van der Waals surface area contributed by atoms with Gasteiger partial charge in [0.05, 0.1) is 18.3 Å². The molecule has 0 unspecified atom stereocenters. The standard InChI is InChI=1S/C22H18F3N3O2/c1-15-7-9-16(10-8-15)14-28-11-3-6-19(21(28)30)20(29)27-26-13-17-4-2-5-18(12-17)22(23,24)25/h2-13H,14H2,1H3,(H,27,29)/b26-13-. The molecule has 8 heteroatoms. The second-order valence-electron chi connectivity index (χ2n) is 6.66. The fourth-order valence-electron chi connectivity index (χ4n) is 2.75. The third kappa shape index (κ3) is 5.22. The number of nitrogens with zero attached hydrogens (tertiary/aromatic N) is 2. The van der Waals surface area contributed by atoms with Crippen LogP contribution in [0, 0.1) is 6.92 Å². The van der Waals surface area contributed by atoms with Crippen molar-refractivity contribution in [3.05, 3.63) is 105 Å². The van der Waals surface area contributed by atoms with Gasteiger partial charge in [-0.25, -0.2) is 5.43 Å². The van der Waals surface area contributed by atoms with Crippen molar-refractivity contribution in [2.24, 2.45) is 5.10 Å². The van der Waals surface area contributed by atoms with Crippen LogP contribution in [-0.4, -0.2) is 16.7 Å². The summed E-state index contributed by atoms with van der Waals surface area (Å²) in [5, 5.41) is 3.67. The van der Waals surface area contributed by atoms with Crippen molar-refractivity contribution >= 4 is 12.1 Å². The van der Waals surface area contributed by atoms with E-state index < -0.39 is 23.2 Å². The molecule has 154 valence electrons. The Kier molecular flexibility index (Phi) is 6.15. The van der Waals surface area contributed by atoms with E-state index in [4.69, 9.17) is 0 Å². The number of carbonyl (C=O) groups is 1. The molecule has 0 aliphatic rings. The molecule has 0 aliphatic heterocycles. The zero-order valence-electron chi connectivity index (χ0n) is 16.0. The molecular weight excluding hydrogens is 395 g/mol. The molecule has 0 radical (unpaired) electrons. The molecule has 0 saturated carbocycles. The third-order valence-corrected chi connectivity index (χ3v) is 4.33. The fraction of sp³-hybridized carbons (Fsp3) is 0.136. The quantitative estimate of drug-likeness (QED) is 0.508. The number of halogens is 3. The Morgan fingerprint density at radius 1 is 1.10 bits per heavy atom. The molecular formula is C22H18F3N3O2. The van der Waals surface area contributed by atoms with Gasteiger partial charge in [-0.05, 0) is 42.3 Å². The predicted octanol–water partition coefficient (Wildman–Crippen LogP) is 3.99. The van der Waals surface area contributed by atoms with E-state index in [0.29, 0.717) is 6.54 Å². The average Bonchev–Trinajstić information content (AvgIpc) is 2.71. The minimum Gasteiger partial charge on any atom is -0.310 e. The van der Waals surface area contributed by atoms with Crippen molar-refractivity contribution in [1.82, 2.24) is 9.99 Å². The van der Waals surface area contributed by atoms with Gasteiger partial charge in [-0.15, -0.1) is 0 Å². The van der Waals surface area contributed by atoms with E-state index >= 15 is 0 Å². The Morgan fingerprint density at radius 3 is 2.53 bits per heavy atom. The smallest absolute Gasteiger partial charge is 0.310 e. The summed E-state index contributed by atoms with van der Waals surface area (Å²) >= 11 is 0. The summed E-state index contributed by atoms with van der Waals surface area (Å²) in [4.78, 5) is 24.9. The summed E-state index contributed by atoms with van der Waals surface area (Å²) in [7, 11) is 0. The maximum absolute atomic E-state index is 12.7. The molecule has 3 aromatic rings.